The number of hydrogen-bond acceptors (Lipinski definition) is 2. The van der Waals surface area contributed by atoms with Gasteiger partial charge in [-0.15, -0.1) is 0 Å². The number of fused-ring (bicyclic) bond motifs is 2. The summed E-state index contributed by atoms with van der Waals surface area (Å²) in [5.74, 6) is -0.877. The third-order valence-electron chi connectivity index (χ3n) is 1.76. The van der Waals surface area contributed by atoms with Crippen molar-refractivity contribution in [3.63, 3.8) is 0 Å². The molecule has 2 nitrogen and oxygen atoms in total. The minimum absolute atomic E-state index is 0.537. The number of thiol groups is 1. The van der Waals surface area contributed by atoms with Gasteiger partial charge in [0.1, 0.15) is 0 Å². The van der Waals surface area contributed by atoms with Crippen molar-refractivity contribution in [1.29, 1.82) is 0 Å². The lowest BCUT2D eigenvalue weighted by molar-refractivity contribution is -0.136. The summed E-state index contributed by atoms with van der Waals surface area (Å²) in [5.41, 5.74) is 2.97. The van der Waals surface area contributed by atoms with Crippen LogP contribution in [-0.2, 0) is 11.2 Å². The SMILES string of the molecule is CC(S)C(=O)O.c1cc2cc(c1)C2. The molecule has 1 unspecified atom stereocenters. The molecule has 1 aromatic carbocycles. The van der Waals surface area contributed by atoms with E-state index in [0.29, 0.717) is 0 Å². The fourth-order valence-corrected chi connectivity index (χ4v) is 0.954. The van der Waals surface area contributed by atoms with Crippen LogP contribution in [0.4, 0.5) is 0 Å². The van der Waals surface area contributed by atoms with Crippen molar-refractivity contribution in [2.24, 2.45) is 0 Å². The van der Waals surface area contributed by atoms with E-state index in [9.17, 15) is 4.79 Å². The maximum atomic E-state index is 9.62. The average Bonchev–Trinajstić information content (AvgIpc) is 2.05. The van der Waals surface area contributed by atoms with Gasteiger partial charge in [-0.2, -0.15) is 12.6 Å². The van der Waals surface area contributed by atoms with Gasteiger partial charge in [-0.05, 0) is 24.5 Å². The molecular weight excluding hydrogens is 184 g/mol. The largest absolute Gasteiger partial charge is 0.480 e. The van der Waals surface area contributed by atoms with Crippen molar-refractivity contribution < 1.29 is 9.90 Å². The predicted molar refractivity (Wildman–Crippen MR) is 55.3 cm³/mol. The van der Waals surface area contributed by atoms with Crippen molar-refractivity contribution in [1.82, 2.24) is 0 Å². The normalized spacial score (nSPS) is 13.4. The molecule has 0 aromatic heterocycles. The van der Waals surface area contributed by atoms with E-state index in [1.807, 2.05) is 0 Å². The summed E-state index contributed by atoms with van der Waals surface area (Å²) < 4.78 is 0. The van der Waals surface area contributed by atoms with E-state index >= 15 is 0 Å². The molecule has 0 fully saturated rings. The van der Waals surface area contributed by atoms with E-state index in [1.54, 1.807) is 0 Å². The van der Waals surface area contributed by atoms with Crippen LogP contribution >= 0.6 is 12.6 Å². The van der Waals surface area contributed by atoms with Crippen molar-refractivity contribution in [3.05, 3.63) is 35.4 Å². The fourth-order valence-electron chi connectivity index (χ4n) is 0.954. The van der Waals surface area contributed by atoms with E-state index in [1.165, 1.54) is 24.5 Å². The van der Waals surface area contributed by atoms with Crippen molar-refractivity contribution in [2.45, 2.75) is 18.6 Å². The Morgan fingerprint density at radius 3 is 2.00 bits per heavy atom. The Labute approximate surface area is 83.0 Å². The highest BCUT2D eigenvalue weighted by Gasteiger charge is 2.04. The second kappa shape index (κ2) is 4.33. The summed E-state index contributed by atoms with van der Waals surface area (Å²) in [6, 6.07) is 8.65. The Hall–Kier alpha value is -0.960. The molecule has 0 spiro atoms. The molecule has 1 atom stereocenters. The molecule has 13 heavy (non-hydrogen) atoms. The van der Waals surface area contributed by atoms with Crippen LogP contribution in [0.3, 0.4) is 0 Å². The number of aliphatic carboxylic acids is 1. The second-order valence-corrected chi connectivity index (χ2v) is 3.79. The number of carbonyl (C=O) groups is 1. The molecule has 0 amide bonds. The lowest BCUT2D eigenvalue weighted by atomic mass is 9.94. The van der Waals surface area contributed by atoms with Crippen molar-refractivity contribution >= 4 is 18.6 Å². The Bertz CT molecular complexity index is 283. The molecular formula is C10H12O2S. The van der Waals surface area contributed by atoms with Crippen molar-refractivity contribution in [2.75, 3.05) is 0 Å². The monoisotopic (exact) mass is 196 g/mol. The third kappa shape index (κ3) is 3.11. The zero-order valence-corrected chi connectivity index (χ0v) is 8.29. The molecule has 2 bridgehead atoms. The predicted octanol–water partition coefficient (Wildman–Crippen LogP) is 1.98. The van der Waals surface area contributed by atoms with Crippen LogP contribution in [0, 0.1) is 0 Å². The molecule has 0 saturated carbocycles. The number of benzene rings is 1. The van der Waals surface area contributed by atoms with Crippen molar-refractivity contribution in [3.8, 4) is 0 Å². The van der Waals surface area contributed by atoms with Crippen LogP contribution in [-0.4, -0.2) is 16.3 Å². The summed E-state index contributed by atoms with van der Waals surface area (Å²) in [6.45, 7) is 1.51. The van der Waals surface area contributed by atoms with Gasteiger partial charge in [-0.1, -0.05) is 24.3 Å². The van der Waals surface area contributed by atoms with Gasteiger partial charge >= 0.3 is 5.97 Å². The molecule has 0 radical (unpaired) electrons. The molecule has 70 valence electrons. The second-order valence-electron chi connectivity index (χ2n) is 3.01. The Morgan fingerprint density at radius 1 is 1.54 bits per heavy atom. The molecule has 0 saturated heterocycles. The Kier molecular flexibility index (Phi) is 3.37. The van der Waals surface area contributed by atoms with Gasteiger partial charge in [-0.3, -0.25) is 4.79 Å². The van der Waals surface area contributed by atoms with Gasteiger partial charge in [-0.25, -0.2) is 0 Å². The molecule has 3 heteroatoms. The van der Waals surface area contributed by atoms with Crippen LogP contribution in [0.15, 0.2) is 24.3 Å². The zero-order valence-electron chi connectivity index (χ0n) is 7.40. The van der Waals surface area contributed by atoms with Gasteiger partial charge in [0.15, 0.2) is 0 Å². The average molecular weight is 196 g/mol. The molecule has 2 aliphatic rings. The summed E-state index contributed by atoms with van der Waals surface area (Å²) in [4.78, 5) is 9.62. The first-order valence-electron chi connectivity index (χ1n) is 4.08. The minimum atomic E-state index is -0.877. The topological polar surface area (TPSA) is 37.3 Å². The Morgan fingerprint density at radius 2 is 1.92 bits per heavy atom. The fraction of sp³-hybridized carbons (Fsp3) is 0.300. The standard InChI is InChI=1S/C7H6.C3H6O2S/c1-2-6-4-7(3-1)5-6;1-2(6)3(4)5/h1-4H,5H2;2,6H,1H3,(H,4,5). The van der Waals surface area contributed by atoms with Gasteiger partial charge in [0.05, 0.1) is 5.25 Å². The molecule has 3 rings (SSSR count). The minimum Gasteiger partial charge on any atom is -0.480 e. The zero-order chi connectivity index (χ0) is 9.84. The number of hydrogen-bond donors (Lipinski definition) is 2. The van der Waals surface area contributed by atoms with Crippen LogP contribution < -0.4 is 0 Å². The first-order valence-corrected chi connectivity index (χ1v) is 4.60. The molecule has 2 aliphatic carbocycles. The molecule has 1 aromatic rings. The van der Waals surface area contributed by atoms with E-state index in [-0.39, 0.29) is 0 Å². The molecule has 0 heterocycles. The smallest absolute Gasteiger partial charge is 0.316 e. The number of rotatable bonds is 1. The quantitative estimate of drug-likeness (QED) is 0.684. The lowest BCUT2D eigenvalue weighted by Crippen LogP contribution is -2.06. The number of carboxylic acids is 1. The first-order chi connectivity index (χ1) is 6.09. The first kappa shape index (κ1) is 10.1. The van der Waals surface area contributed by atoms with Crippen LogP contribution in [0.2, 0.25) is 0 Å². The van der Waals surface area contributed by atoms with E-state index < -0.39 is 11.2 Å². The highest BCUT2D eigenvalue weighted by atomic mass is 32.1. The van der Waals surface area contributed by atoms with Gasteiger partial charge in [0.2, 0.25) is 0 Å². The van der Waals surface area contributed by atoms with Crippen LogP contribution in [0.1, 0.15) is 18.1 Å². The van der Waals surface area contributed by atoms with Crippen LogP contribution in [0.5, 0.6) is 0 Å². The van der Waals surface area contributed by atoms with E-state index in [0.717, 1.165) is 0 Å². The highest BCUT2D eigenvalue weighted by molar-refractivity contribution is 7.81. The van der Waals surface area contributed by atoms with Crippen LogP contribution in [0.25, 0.3) is 0 Å². The maximum absolute atomic E-state index is 9.62. The summed E-state index contributed by atoms with van der Waals surface area (Å²) in [6.07, 6.45) is 1.22. The lowest BCUT2D eigenvalue weighted by Gasteiger charge is -2.11. The van der Waals surface area contributed by atoms with Gasteiger partial charge in [0, 0.05) is 0 Å². The van der Waals surface area contributed by atoms with E-state index in [4.69, 9.17) is 5.11 Å². The van der Waals surface area contributed by atoms with E-state index in [2.05, 4.69) is 36.9 Å². The molecule has 1 N–H and O–H groups in total. The summed E-state index contributed by atoms with van der Waals surface area (Å²) in [5, 5.41) is 7.38. The van der Waals surface area contributed by atoms with Gasteiger partial charge in [0.25, 0.3) is 0 Å². The summed E-state index contributed by atoms with van der Waals surface area (Å²) in [7, 11) is 0. The summed E-state index contributed by atoms with van der Waals surface area (Å²) >= 11 is 3.59. The highest BCUT2D eigenvalue weighted by Crippen LogP contribution is 2.18. The van der Waals surface area contributed by atoms with Gasteiger partial charge < -0.3 is 5.11 Å². The number of carboxylic acid groups (broad SMARTS) is 1. The molecule has 0 aliphatic heterocycles. The Balaban J connectivity index is 0.000000133. The maximum Gasteiger partial charge on any atom is 0.316 e. The third-order valence-corrected chi connectivity index (χ3v) is 1.98.